The first-order chi connectivity index (χ1) is 10.1. The third-order valence-electron chi connectivity index (χ3n) is 5.18. The number of pyridine rings is 1. The van der Waals surface area contributed by atoms with E-state index in [2.05, 4.69) is 55.3 Å². The summed E-state index contributed by atoms with van der Waals surface area (Å²) >= 11 is 0. The van der Waals surface area contributed by atoms with Crippen molar-refractivity contribution in [2.24, 2.45) is 5.92 Å². The molecule has 1 aliphatic rings. The zero-order valence-corrected chi connectivity index (χ0v) is 14.1. The molecular formula is C18H31N3. The Bertz CT molecular complexity index is 408. The second-order valence-electron chi connectivity index (χ2n) is 6.85. The number of hydrogen-bond donors (Lipinski definition) is 1. The highest BCUT2D eigenvalue weighted by atomic mass is 15.2. The lowest BCUT2D eigenvalue weighted by molar-refractivity contribution is 0.0427. The summed E-state index contributed by atoms with van der Waals surface area (Å²) in [6.07, 6.45) is 10.2. The van der Waals surface area contributed by atoms with Crippen molar-refractivity contribution >= 4 is 0 Å². The van der Waals surface area contributed by atoms with Gasteiger partial charge >= 0.3 is 0 Å². The van der Waals surface area contributed by atoms with E-state index in [1.54, 1.807) is 0 Å². The molecule has 1 heterocycles. The van der Waals surface area contributed by atoms with Crippen LogP contribution < -0.4 is 5.32 Å². The molecule has 0 bridgehead atoms. The maximum atomic E-state index is 4.36. The number of rotatable bonds is 6. The van der Waals surface area contributed by atoms with Crippen LogP contribution in [0.15, 0.2) is 24.5 Å². The molecule has 1 aliphatic carbocycles. The third-order valence-corrected chi connectivity index (χ3v) is 5.18. The van der Waals surface area contributed by atoms with Crippen LogP contribution in [0.3, 0.4) is 0 Å². The van der Waals surface area contributed by atoms with Crippen LogP contribution in [0.1, 0.15) is 57.6 Å². The second-order valence-corrected chi connectivity index (χ2v) is 6.85. The summed E-state index contributed by atoms with van der Waals surface area (Å²) in [6, 6.07) is 4.66. The van der Waals surface area contributed by atoms with Crippen LogP contribution in [0.2, 0.25) is 0 Å². The van der Waals surface area contributed by atoms with E-state index in [-0.39, 0.29) is 5.54 Å². The monoisotopic (exact) mass is 289 g/mol. The zero-order chi connectivity index (χ0) is 15.3. The minimum Gasteiger partial charge on any atom is -0.308 e. The topological polar surface area (TPSA) is 28.2 Å². The van der Waals surface area contributed by atoms with E-state index < -0.39 is 0 Å². The minimum absolute atomic E-state index is 0.213. The van der Waals surface area contributed by atoms with E-state index in [9.17, 15) is 0 Å². The van der Waals surface area contributed by atoms with Crippen LogP contribution in [0, 0.1) is 5.92 Å². The molecule has 1 fully saturated rings. The summed E-state index contributed by atoms with van der Waals surface area (Å²) in [6.45, 7) is 5.68. The van der Waals surface area contributed by atoms with Gasteiger partial charge < -0.3 is 10.2 Å². The number of hydrogen-bond acceptors (Lipinski definition) is 3. The molecule has 3 nitrogen and oxygen atoms in total. The van der Waals surface area contributed by atoms with Gasteiger partial charge in [0.2, 0.25) is 0 Å². The van der Waals surface area contributed by atoms with E-state index in [4.69, 9.17) is 0 Å². The quantitative estimate of drug-likeness (QED) is 0.866. The van der Waals surface area contributed by atoms with Crippen molar-refractivity contribution in [3.8, 4) is 0 Å². The number of nitrogens with one attached hydrogen (secondary N) is 1. The highest BCUT2D eigenvalue weighted by Crippen LogP contribution is 2.43. The Kier molecular flexibility index (Phi) is 5.77. The molecule has 2 rings (SSSR count). The Labute approximate surface area is 130 Å². The average molecular weight is 289 g/mol. The van der Waals surface area contributed by atoms with E-state index >= 15 is 0 Å². The molecule has 0 aliphatic heterocycles. The van der Waals surface area contributed by atoms with Gasteiger partial charge in [-0.05, 0) is 70.3 Å². The summed E-state index contributed by atoms with van der Waals surface area (Å²) in [5, 5.41) is 3.81. The van der Waals surface area contributed by atoms with Gasteiger partial charge in [0.25, 0.3) is 0 Å². The predicted molar refractivity (Wildman–Crippen MR) is 89.3 cm³/mol. The molecule has 118 valence electrons. The zero-order valence-electron chi connectivity index (χ0n) is 14.1. The first-order valence-electron chi connectivity index (χ1n) is 8.41. The van der Waals surface area contributed by atoms with Gasteiger partial charge in [-0.1, -0.05) is 19.9 Å². The van der Waals surface area contributed by atoms with E-state index in [0.29, 0.717) is 6.04 Å². The van der Waals surface area contributed by atoms with Crippen molar-refractivity contribution < 1.29 is 0 Å². The summed E-state index contributed by atoms with van der Waals surface area (Å²) in [5.74, 6) is 0.860. The normalized spacial score (nSPS) is 27.8. The average Bonchev–Trinajstić information content (AvgIpc) is 2.50. The molecule has 1 atom stereocenters. The van der Waals surface area contributed by atoms with Crippen LogP contribution >= 0.6 is 0 Å². The Morgan fingerprint density at radius 2 is 2.10 bits per heavy atom. The Balaban J connectivity index is 2.31. The van der Waals surface area contributed by atoms with Crippen LogP contribution in [-0.2, 0) is 0 Å². The predicted octanol–water partition coefficient (Wildman–Crippen LogP) is 3.63. The van der Waals surface area contributed by atoms with Crippen molar-refractivity contribution in [1.82, 2.24) is 15.2 Å². The van der Waals surface area contributed by atoms with E-state index in [1.807, 2.05) is 12.4 Å². The molecule has 0 saturated heterocycles. The fourth-order valence-corrected chi connectivity index (χ4v) is 3.71. The molecular weight excluding hydrogens is 258 g/mol. The Morgan fingerprint density at radius 1 is 1.38 bits per heavy atom. The van der Waals surface area contributed by atoms with Gasteiger partial charge in [0, 0.05) is 17.9 Å². The number of nitrogens with zero attached hydrogens (tertiary/aromatic N) is 2. The molecule has 0 aromatic carbocycles. The van der Waals surface area contributed by atoms with Gasteiger partial charge in [0.05, 0.1) is 6.04 Å². The van der Waals surface area contributed by atoms with Crippen molar-refractivity contribution in [3.05, 3.63) is 30.1 Å². The molecule has 1 aromatic heterocycles. The lowest BCUT2D eigenvalue weighted by Gasteiger charge is -2.50. The fourth-order valence-electron chi connectivity index (χ4n) is 3.71. The summed E-state index contributed by atoms with van der Waals surface area (Å²) in [4.78, 5) is 6.81. The second kappa shape index (κ2) is 7.37. The first-order valence-corrected chi connectivity index (χ1v) is 8.41. The Hall–Kier alpha value is -0.930. The van der Waals surface area contributed by atoms with Gasteiger partial charge in [-0.15, -0.1) is 0 Å². The fraction of sp³-hybridized carbons (Fsp3) is 0.722. The summed E-state index contributed by atoms with van der Waals surface area (Å²) in [5.41, 5.74) is 1.54. The smallest absolute Gasteiger partial charge is 0.0522 e. The van der Waals surface area contributed by atoms with Crippen LogP contribution in [0.25, 0.3) is 0 Å². The first kappa shape index (κ1) is 16.4. The van der Waals surface area contributed by atoms with Crippen LogP contribution in [0.5, 0.6) is 0 Å². The number of aromatic nitrogens is 1. The van der Waals surface area contributed by atoms with Crippen molar-refractivity contribution in [1.29, 1.82) is 0 Å². The molecule has 0 radical (unpaired) electrons. The van der Waals surface area contributed by atoms with Crippen LogP contribution in [-0.4, -0.2) is 36.1 Å². The molecule has 1 saturated carbocycles. The molecule has 0 spiro atoms. The largest absolute Gasteiger partial charge is 0.308 e. The van der Waals surface area contributed by atoms with Gasteiger partial charge in [-0.3, -0.25) is 4.98 Å². The maximum absolute atomic E-state index is 4.36. The summed E-state index contributed by atoms with van der Waals surface area (Å²) < 4.78 is 0. The Morgan fingerprint density at radius 3 is 2.62 bits per heavy atom. The number of likely N-dealkylation sites (N-methyl/N-ethyl adjacent to an activating group) is 1. The molecule has 1 aromatic rings. The minimum atomic E-state index is 0.213. The van der Waals surface area contributed by atoms with Gasteiger partial charge in [-0.25, -0.2) is 0 Å². The van der Waals surface area contributed by atoms with Crippen molar-refractivity contribution in [2.45, 2.75) is 57.5 Å². The molecule has 21 heavy (non-hydrogen) atoms. The highest BCUT2D eigenvalue weighted by molar-refractivity contribution is 5.21. The molecule has 3 heteroatoms. The summed E-state index contributed by atoms with van der Waals surface area (Å²) in [7, 11) is 4.49. The van der Waals surface area contributed by atoms with Crippen molar-refractivity contribution in [3.63, 3.8) is 0 Å². The molecule has 1 unspecified atom stereocenters. The molecule has 0 amide bonds. The maximum Gasteiger partial charge on any atom is 0.0522 e. The van der Waals surface area contributed by atoms with E-state index in [0.717, 1.165) is 18.9 Å². The lowest BCUT2D eigenvalue weighted by atomic mass is 9.70. The SMILES string of the molecule is CCCNC(c1cccnc1)C1(N(C)C)CCC(C)CC1. The highest BCUT2D eigenvalue weighted by Gasteiger charge is 2.43. The standard InChI is InChI=1S/C18H31N3/c1-5-12-20-17(16-7-6-13-19-14-16)18(21(3)4)10-8-15(2)9-11-18/h6-7,13-15,17,20H,5,8-12H2,1-4H3. The van der Waals surface area contributed by atoms with E-state index in [1.165, 1.54) is 31.2 Å². The van der Waals surface area contributed by atoms with Gasteiger partial charge in [0.1, 0.15) is 0 Å². The van der Waals surface area contributed by atoms with Gasteiger partial charge in [-0.2, -0.15) is 0 Å². The molecule has 1 N–H and O–H groups in total. The third kappa shape index (κ3) is 3.64. The van der Waals surface area contributed by atoms with Gasteiger partial charge in [0.15, 0.2) is 0 Å². The van der Waals surface area contributed by atoms with Crippen LogP contribution in [0.4, 0.5) is 0 Å². The lowest BCUT2D eigenvalue weighted by Crippen LogP contribution is -2.55. The van der Waals surface area contributed by atoms with Crippen molar-refractivity contribution in [2.75, 3.05) is 20.6 Å².